The molecule has 13 heavy (non-hydrogen) atoms. The van der Waals surface area contributed by atoms with Crippen molar-refractivity contribution in [3.8, 4) is 0 Å². The molecule has 0 aromatic rings. The van der Waals surface area contributed by atoms with Gasteiger partial charge < -0.3 is 0 Å². The summed E-state index contributed by atoms with van der Waals surface area (Å²) in [6.07, 6.45) is 0.704. The van der Waals surface area contributed by atoms with Gasteiger partial charge in [-0.25, -0.2) is 5.01 Å². The van der Waals surface area contributed by atoms with E-state index in [1.165, 1.54) is 4.90 Å². The minimum Gasteiger partial charge on any atom is -0.285 e. The van der Waals surface area contributed by atoms with E-state index in [1.54, 1.807) is 12.1 Å². The fraction of sp³-hybridized carbons (Fsp3) is 0.750. The van der Waals surface area contributed by atoms with Crippen LogP contribution in [0.3, 0.4) is 0 Å². The first-order valence-electron chi connectivity index (χ1n) is 4.42. The number of hydrazine groups is 1. The summed E-state index contributed by atoms with van der Waals surface area (Å²) in [7, 11) is 1.55. The number of hydrogen-bond acceptors (Lipinski definition) is 4. The number of piperidine rings is 1. The van der Waals surface area contributed by atoms with Gasteiger partial charge in [0.25, 0.3) is 0 Å². The summed E-state index contributed by atoms with van der Waals surface area (Å²) < 4.78 is 0. The predicted molar refractivity (Wildman–Crippen MR) is 45.1 cm³/mol. The summed E-state index contributed by atoms with van der Waals surface area (Å²) in [5.74, 6) is 5.17. The Balaban J connectivity index is 2.22. The number of nitrogens with two attached hydrogens (primary N) is 1. The Kier molecular flexibility index (Phi) is 1.85. The molecule has 0 radical (unpaired) electrons. The van der Waals surface area contributed by atoms with Crippen LogP contribution in [0.25, 0.3) is 0 Å². The SMILES string of the molecule is CN1C(=O)[C@H]2CN(N)CC[C@H]2C1=O. The maximum Gasteiger partial charge on any atom is 0.234 e. The normalized spacial score (nSPS) is 35.4. The van der Waals surface area contributed by atoms with Crippen molar-refractivity contribution in [1.29, 1.82) is 0 Å². The summed E-state index contributed by atoms with van der Waals surface area (Å²) >= 11 is 0. The van der Waals surface area contributed by atoms with Crippen LogP contribution in [0.15, 0.2) is 0 Å². The Morgan fingerprint density at radius 1 is 1.31 bits per heavy atom. The number of likely N-dealkylation sites (tertiary alicyclic amines) is 1. The van der Waals surface area contributed by atoms with Crippen LogP contribution in [0.5, 0.6) is 0 Å². The zero-order chi connectivity index (χ0) is 9.59. The molecule has 5 heteroatoms. The van der Waals surface area contributed by atoms with Gasteiger partial charge in [-0.2, -0.15) is 0 Å². The van der Waals surface area contributed by atoms with E-state index in [0.29, 0.717) is 19.5 Å². The highest BCUT2D eigenvalue weighted by Gasteiger charge is 2.47. The van der Waals surface area contributed by atoms with Crippen molar-refractivity contribution in [2.24, 2.45) is 17.7 Å². The van der Waals surface area contributed by atoms with Crippen LogP contribution in [-0.2, 0) is 9.59 Å². The molecule has 2 atom stereocenters. The van der Waals surface area contributed by atoms with Gasteiger partial charge in [0.15, 0.2) is 0 Å². The zero-order valence-electron chi connectivity index (χ0n) is 7.56. The number of hydrogen-bond donors (Lipinski definition) is 1. The molecule has 2 N–H and O–H groups in total. The van der Waals surface area contributed by atoms with Gasteiger partial charge >= 0.3 is 0 Å². The van der Waals surface area contributed by atoms with Gasteiger partial charge in [-0.15, -0.1) is 0 Å². The van der Waals surface area contributed by atoms with Crippen molar-refractivity contribution < 1.29 is 9.59 Å². The van der Waals surface area contributed by atoms with E-state index >= 15 is 0 Å². The van der Waals surface area contributed by atoms with E-state index in [1.807, 2.05) is 0 Å². The van der Waals surface area contributed by atoms with Crippen molar-refractivity contribution >= 4 is 11.8 Å². The predicted octanol–water partition coefficient (Wildman–Crippen LogP) is -1.20. The summed E-state index contributed by atoms with van der Waals surface area (Å²) in [5, 5.41) is 1.62. The molecule has 2 amide bonds. The largest absolute Gasteiger partial charge is 0.285 e. The summed E-state index contributed by atoms with van der Waals surface area (Å²) in [4.78, 5) is 24.3. The lowest BCUT2D eigenvalue weighted by atomic mass is 9.88. The molecule has 0 aromatic heterocycles. The van der Waals surface area contributed by atoms with Crippen LogP contribution in [0, 0.1) is 11.8 Å². The number of fused-ring (bicyclic) bond motifs is 1. The number of carbonyl (C=O) groups is 2. The number of nitrogens with zero attached hydrogens (tertiary/aromatic N) is 2. The lowest BCUT2D eigenvalue weighted by Crippen LogP contribution is -2.45. The van der Waals surface area contributed by atoms with Gasteiger partial charge in [0.1, 0.15) is 0 Å². The third kappa shape index (κ3) is 1.15. The smallest absolute Gasteiger partial charge is 0.234 e. The molecular formula is C8H13N3O2. The second-order valence-electron chi connectivity index (χ2n) is 3.73. The molecule has 0 unspecified atom stereocenters. The van der Waals surface area contributed by atoms with Gasteiger partial charge in [0, 0.05) is 20.1 Å². The fourth-order valence-corrected chi connectivity index (χ4v) is 2.13. The summed E-state index contributed by atoms with van der Waals surface area (Å²) in [6.45, 7) is 1.22. The van der Waals surface area contributed by atoms with E-state index in [4.69, 9.17) is 5.84 Å². The van der Waals surface area contributed by atoms with Crippen molar-refractivity contribution in [2.45, 2.75) is 6.42 Å². The Hall–Kier alpha value is -0.940. The van der Waals surface area contributed by atoms with Crippen molar-refractivity contribution in [3.63, 3.8) is 0 Å². The molecule has 0 aromatic carbocycles. The van der Waals surface area contributed by atoms with Gasteiger partial charge in [-0.05, 0) is 6.42 Å². The Morgan fingerprint density at radius 3 is 2.62 bits per heavy atom. The molecule has 2 heterocycles. The number of carbonyl (C=O) groups excluding carboxylic acids is 2. The topological polar surface area (TPSA) is 66.6 Å². The second-order valence-corrected chi connectivity index (χ2v) is 3.73. The first-order valence-corrected chi connectivity index (χ1v) is 4.42. The van der Waals surface area contributed by atoms with Crippen LogP contribution in [-0.4, -0.2) is 41.9 Å². The molecule has 72 valence electrons. The number of amides is 2. The molecular weight excluding hydrogens is 170 g/mol. The molecule has 2 fully saturated rings. The lowest BCUT2D eigenvalue weighted by Gasteiger charge is -2.28. The molecule has 2 saturated heterocycles. The van der Waals surface area contributed by atoms with E-state index in [0.717, 1.165) is 0 Å². The molecule has 5 nitrogen and oxygen atoms in total. The first kappa shape index (κ1) is 8.65. The maximum absolute atomic E-state index is 11.5. The van der Waals surface area contributed by atoms with E-state index in [-0.39, 0.29) is 23.7 Å². The van der Waals surface area contributed by atoms with Gasteiger partial charge in [0.2, 0.25) is 11.8 Å². The summed E-state index contributed by atoms with van der Waals surface area (Å²) in [6, 6.07) is 0. The molecule has 2 aliphatic heterocycles. The van der Waals surface area contributed by atoms with E-state index in [9.17, 15) is 9.59 Å². The van der Waals surface area contributed by atoms with E-state index in [2.05, 4.69) is 0 Å². The Bertz CT molecular complexity index is 266. The maximum atomic E-state index is 11.5. The molecule has 0 bridgehead atoms. The Morgan fingerprint density at radius 2 is 1.92 bits per heavy atom. The standard InChI is InChI=1S/C8H13N3O2/c1-10-7(12)5-2-3-11(9)4-6(5)8(10)13/h5-6H,2-4,9H2,1H3/t5-,6+/m1/s1. The van der Waals surface area contributed by atoms with Gasteiger partial charge in [-0.3, -0.25) is 20.3 Å². The minimum absolute atomic E-state index is 0.0388. The monoisotopic (exact) mass is 183 g/mol. The van der Waals surface area contributed by atoms with E-state index < -0.39 is 0 Å². The van der Waals surface area contributed by atoms with Gasteiger partial charge in [0.05, 0.1) is 11.8 Å². The van der Waals surface area contributed by atoms with Crippen molar-refractivity contribution in [1.82, 2.24) is 9.91 Å². The third-order valence-corrected chi connectivity index (χ3v) is 2.94. The molecule has 0 aliphatic carbocycles. The average molecular weight is 183 g/mol. The highest BCUT2D eigenvalue weighted by molar-refractivity contribution is 6.05. The highest BCUT2D eigenvalue weighted by Crippen LogP contribution is 2.31. The van der Waals surface area contributed by atoms with Crippen LogP contribution in [0.1, 0.15) is 6.42 Å². The van der Waals surface area contributed by atoms with Crippen LogP contribution >= 0.6 is 0 Å². The third-order valence-electron chi connectivity index (χ3n) is 2.94. The zero-order valence-corrected chi connectivity index (χ0v) is 7.56. The quantitative estimate of drug-likeness (QED) is 0.378. The number of imide groups is 1. The average Bonchev–Trinajstić information content (AvgIpc) is 2.32. The molecule has 0 saturated carbocycles. The van der Waals surface area contributed by atoms with Crippen molar-refractivity contribution in [2.75, 3.05) is 20.1 Å². The Labute approximate surface area is 76.4 Å². The molecule has 2 rings (SSSR count). The van der Waals surface area contributed by atoms with Crippen LogP contribution in [0.4, 0.5) is 0 Å². The van der Waals surface area contributed by atoms with Crippen LogP contribution in [0.2, 0.25) is 0 Å². The summed E-state index contributed by atoms with van der Waals surface area (Å²) in [5.41, 5.74) is 0. The second kappa shape index (κ2) is 2.78. The first-order chi connectivity index (χ1) is 6.11. The van der Waals surface area contributed by atoms with Crippen LogP contribution < -0.4 is 5.84 Å². The fourth-order valence-electron chi connectivity index (χ4n) is 2.13. The molecule has 2 aliphatic rings. The van der Waals surface area contributed by atoms with Crippen molar-refractivity contribution in [3.05, 3.63) is 0 Å². The lowest BCUT2D eigenvalue weighted by molar-refractivity contribution is -0.138. The minimum atomic E-state index is -0.198. The van der Waals surface area contributed by atoms with Gasteiger partial charge in [-0.1, -0.05) is 0 Å². The number of rotatable bonds is 0. The molecule has 0 spiro atoms. The highest BCUT2D eigenvalue weighted by atomic mass is 16.2.